The van der Waals surface area contributed by atoms with E-state index in [9.17, 15) is 9.59 Å². The summed E-state index contributed by atoms with van der Waals surface area (Å²) in [6, 6.07) is 17.7. The summed E-state index contributed by atoms with van der Waals surface area (Å²) in [5, 5.41) is 2.90. The first-order valence-corrected chi connectivity index (χ1v) is 8.68. The van der Waals surface area contributed by atoms with E-state index in [1.165, 1.54) is 4.90 Å². The third kappa shape index (κ3) is 5.45. The standard InChI is InChI=1S/C21H26N2O2/c1-4-17-10-8-9-13-19(17)22-20(24)15-23(3)21(25)14-16(2)18-11-6-5-7-12-18/h5-13,16H,4,14-15H2,1-3H3,(H,22,24). The highest BCUT2D eigenvalue weighted by Gasteiger charge is 2.17. The lowest BCUT2D eigenvalue weighted by Crippen LogP contribution is -2.35. The molecule has 0 radical (unpaired) electrons. The fourth-order valence-electron chi connectivity index (χ4n) is 2.76. The Labute approximate surface area is 149 Å². The van der Waals surface area contributed by atoms with Crippen LogP contribution in [0.5, 0.6) is 0 Å². The maximum absolute atomic E-state index is 12.4. The van der Waals surface area contributed by atoms with Crippen molar-refractivity contribution in [2.24, 2.45) is 0 Å². The third-order valence-electron chi connectivity index (χ3n) is 4.33. The molecular formula is C21H26N2O2. The second-order valence-electron chi connectivity index (χ2n) is 6.32. The number of hydrogen-bond acceptors (Lipinski definition) is 2. The Bertz CT molecular complexity index is 713. The van der Waals surface area contributed by atoms with Crippen LogP contribution in [0.3, 0.4) is 0 Å². The highest BCUT2D eigenvalue weighted by atomic mass is 16.2. The monoisotopic (exact) mass is 338 g/mol. The summed E-state index contributed by atoms with van der Waals surface area (Å²) in [4.78, 5) is 26.1. The average molecular weight is 338 g/mol. The summed E-state index contributed by atoms with van der Waals surface area (Å²) in [6.07, 6.45) is 1.24. The van der Waals surface area contributed by atoms with Gasteiger partial charge in [0.15, 0.2) is 0 Å². The number of aryl methyl sites for hydroxylation is 1. The van der Waals surface area contributed by atoms with Crippen LogP contribution in [0.2, 0.25) is 0 Å². The predicted molar refractivity (Wildman–Crippen MR) is 102 cm³/mol. The highest BCUT2D eigenvalue weighted by Crippen LogP contribution is 2.19. The average Bonchev–Trinajstić information content (AvgIpc) is 2.62. The minimum atomic E-state index is -0.177. The molecule has 0 spiro atoms. The molecule has 1 atom stereocenters. The molecule has 4 heteroatoms. The Morgan fingerprint density at radius 2 is 1.68 bits per heavy atom. The molecule has 0 aliphatic rings. The van der Waals surface area contributed by atoms with Crippen molar-refractivity contribution in [3.05, 3.63) is 65.7 Å². The van der Waals surface area contributed by atoms with Crippen LogP contribution in [0, 0.1) is 0 Å². The maximum Gasteiger partial charge on any atom is 0.243 e. The van der Waals surface area contributed by atoms with Crippen molar-refractivity contribution in [2.75, 3.05) is 18.9 Å². The number of anilines is 1. The lowest BCUT2D eigenvalue weighted by Gasteiger charge is -2.20. The molecule has 132 valence electrons. The van der Waals surface area contributed by atoms with Crippen LogP contribution >= 0.6 is 0 Å². The van der Waals surface area contributed by atoms with Crippen molar-refractivity contribution in [3.63, 3.8) is 0 Å². The van der Waals surface area contributed by atoms with Crippen LogP contribution in [0.15, 0.2) is 54.6 Å². The van der Waals surface area contributed by atoms with Gasteiger partial charge >= 0.3 is 0 Å². The molecule has 25 heavy (non-hydrogen) atoms. The third-order valence-corrected chi connectivity index (χ3v) is 4.33. The van der Waals surface area contributed by atoms with E-state index in [4.69, 9.17) is 0 Å². The molecule has 1 unspecified atom stereocenters. The number of nitrogens with one attached hydrogen (secondary N) is 1. The molecule has 2 aromatic carbocycles. The van der Waals surface area contributed by atoms with Crippen molar-refractivity contribution in [2.45, 2.75) is 32.6 Å². The summed E-state index contributed by atoms with van der Waals surface area (Å²) in [7, 11) is 1.67. The quantitative estimate of drug-likeness (QED) is 0.834. The molecule has 0 saturated heterocycles. The molecule has 0 aliphatic heterocycles. The molecule has 0 saturated carbocycles. The van der Waals surface area contributed by atoms with Gasteiger partial charge in [0, 0.05) is 19.2 Å². The van der Waals surface area contributed by atoms with Gasteiger partial charge in [0.05, 0.1) is 6.54 Å². The smallest absolute Gasteiger partial charge is 0.243 e. The number of rotatable bonds is 7. The van der Waals surface area contributed by atoms with Gasteiger partial charge in [-0.25, -0.2) is 0 Å². The highest BCUT2D eigenvalue weighted by molar-refractivity contribution is 5.95. The topological polar surface area (TPSA) is 49.4 Å². The molecule has 0 heterocycles. The Kier molecular flexibility index (Phi) is 6.75. The maximum atomic E-state index is 12.4. The van der Waals surface area contributed by atoms with Gasteiger partial charge in [-0.1, -0.05) is 62.4 Å². The van der Waals surface area contributed by atoms with Crippen LogP contribution < -0.4 is 5.32 Å². The summed E-state index contributed by atoms with van der Waals surface area (Å²) >= 11 is 0. The number of carbonyl (C=O) groups is 2. The Balaban J connectivity index is 1.89. The van der Waals surface area contributed by atoms with Crippen LogP contribution in [0.1, 0.15) is 37.3 Å². The molecule has 2 aromatic rings. The van der Waals surface area contributed by atoms with Gasteiger partial charge in [-0.2, -0.15) is 0 Å². The number of amides is 2. The number of para-hydroxylation sites is 1. The van der Waals surface area contributed by atoms with E-state index in [1.54, 1.807) is 7.05 Å². The van der Waals surface area contributed by atoms with E-state index in [0.717, 1.165) is 23.2 Å². The minimum Gasteiger partial charge on any atom is -0.336 e. The van der Waals surface area contributed by atoms with Gasteiger partial charge in [0.2, 0.25) is 11.8 Å². The number of likely N-dealkylation sites (N-methyl/N-ethyl adjacent to an activating group) is 1. The van der Waals surface area contributed by atoms with Crippen molar-refractivity contribution in [3.8, 4) is 0 Å². The van der Waals surface area contributed by atoms with Crippen LogP contribution in [-0.2, 0) is 16.0 Å². The summed E-state index contributed by atoms with van der Waals surface area (Å²) in [5.74, 6) is -0.0839. The minimum absolute atomic E-state index is 0.0321. The normalized spacial score (nSPS) is 11.6. The Hall–Kier alpha value is -2.62. The zero-order valence-corrected chi connectivity index (χ0v) is 15.2. The second kappa shape index (κ2) is 9.02. The van der Waals surface area contributed by atoms with E-state index in [0.29, 0.717) is 6.42 Å². The van der Waals surface area contributed by atoms with E-state index in [-0.39, 0.29) is 24.3 Å². The fourth-order valence-corrected chi connectivity index (χ4v) is 2.76. The van der Waals surface area contributed by atoms with Crippen LogP contribution in [0.25, 0.3) is 0 Å². The number of hydrogen-bond donors (Lipinski definition) is 1. The number of benzene rings is 2. The van der Waals surface area contributed by atoms with E-state index < -0.39 is 0 Å². The van der Waals surface area contributed by atoms with Gasteiger partial charge in [-0.3, -0.25) is 9.59 Å². The number of carbonyl (C=O) groups excluding carboxylic acids is 2. The fraction of sp³-hybridized carbons (Fsp3) is 0.333. The molecular weight excluding hydrogens is 312 g/mol. The van der Waals surface area contributed by atoms with E-state index in [2.05, 4.69) is 5.32 Å². The molecule has 1 N–H and O–H groups in total. The van der Waals surface area contributed by atoms with Gasteiger partial charge in [-0.05, 0) is 29.5 Å². The Morgan fingerprint density at radius 1 is 1.04 bits per heavy atom. The predicted octanol–water partition coefficient (Wildman–Crippen LogP) is 3.84. The zero-order valence-electron chi connectivity index (χ0n) is 15.2. The Morgan fingerprint density at radius 3 is 2.36 bits per heavy atom. The van der Waals surface area contributed by atoms with Gasteiger partial charge in [-0.15, -0.1) is 0 Å². The summed E-state index contributed by atoms with van der Waals surface area (Å²) in [6.45, 7) is 4.13. The molecule has 0 fully saturated rings. The van der Waals surface area contributed by atoms with Crippen LogP contribution in [-0.4, -0.2) is 30.3 Å². The van der Waals surface area contributed by atoms with Crippen molar-refractivity contribution < 1.29 is 9.59 Å². The van der Waals surface area contributed by atoms with Crippen molar-refractivity contribution in [1.82, 2.24) is 4.90 Å². The van der Waals surface area contributed by atoms with E-state index >= 15 is 0 Å². The molecule has 2 amide bonds. The number of nitrogens with zero attached hydrogens (tertiary/aromatic N) is 1. The lowest BCUT2D eigenvalue weighted by atomic mass is 9.97. The lowest BCUT2D eigenvalue weighted by molar-refractivity contribution is -0.133. The first-order valence-electron chi connectivity index (χ1n) is 8.68. The van der Waals surface area contributed by atoms with Crippen LogP contribution in [0.4, 0.5) is 5.69 Å². The molecule has 4 nitrogen and oxygen atoms in total. The van der Waals surface area contributed by atoms with E-state index in [1.807, 2.05) is 68.4 Å². The zero-order chi connectivity index (χ0) is 18.2. The van der Waals surface area contributed by atoms with Gasteiger partial charge in [0.25, 0.3) is 0 Å². The summed E-state index contributed by atoms with van der Waals surface area (Å²) in [5.41, 5.74) is 3.03. The first kappa shape index (κ1) is 18.7. The van der Waals surface area contributed by atoms with Gasteiger partial charge in [0.1, 0.15) is 0 Å². The molecule has 2 rings (SSSR count). The second-order valence-corrected chi connectivity index (χ2v) is 6.32. The van der Waals surface area contributed by atoms with Crippen molar-refractivity contribution in [1.29, 1.82) is 0 Å². The van der Waals surface area contributed by atoms with Crippen molar-refractivity contribution >= 4 is 17.5 Å². The molecule has 0 bridgehead atoms. The molecule has 0 aromatic heterocycles. The van der Waals surface area contributed by atoms with Gasteiger partial charge < -0.3 is 10.2 Å². The SMILES string of the molecule is CCc1ccccc1NC(=O)CN(C)C(=O)CC(C)c1ccccc1. The molecule has 0 aliphatic carbocycles. The summed E-state index contributed by atoms with van der Waals surface area (Å²) < 4.78 is 0. The largest absolute Gasteiger partial charge is 0.336 e. The first-order chi connectivity index (χ1) is 12.0.